The fraction of sp³-hybridized carbons (Fsp3) is 1.00. The van der Waals surface area contributed by atoms with Crippen molar-refractivity contribution in [1.29, 1.82) is 0 Å². The lowest BCUT2D eigenvalue weighted by Crippen LogP contribution is -2.62. The van der Waals surface area contributed by atoms with E-state index in [2.05, 4.69) is 20.8 Å². The zero-order chi connectivity index (χ0) is 12.1. The summed E-state index contributed by atoms with van der Waals surface area (Å²) >= 11 is 6.71. The topological polar surface area (TPSA) is 40.5 Å². The summed E-state index contributed by atoms with van der Waals surface area (Å²) in [5.41, 5.74) is -0.0507. The van der Waals surface area contributed by atoms with Crippen LogP contribution in [0.3, 0.4) is 0 Å². The zero-order valence-corrected chi connectivity index (χ0v) is 11.2. The van der Waals surface area contributed by atoms with Crippen molar-refractivity contribution in [2.45, 2.75) is 63.5 Å². The number of hydrogen-bond donors (Lipinski definition) is 2. The Kier molecular flexibility index (Phi) is 3.05. The van der Waals surface area contributed by atoms with Gasteiger partial charge in [-0.05, 0) is 42.9 Å². The highest BCUT2D eigenvalue weighted by Gasteiger charge is 2.60. The van der Waals surface area contributed by atoms with Crippen molar-refractivity contribution in [1.82, 2.24) is 0 Å². The second kappa shape index (κ2) is 3.86. The van der Waals surface area contributed by atoms with Gasteiger partial charge in [-0.2, -0.15) is 0 Å². The minimum absolute atomic E-state index is 0.0507. The maximum absolute atomic E-state index is 10.3. The van der Waals surface area contributed by atoms with E-state index in [4.69, 9.17) is 11.6 Å². The third-order valence-electron chi connectivity index (χ3n) is 5.46. The van der Waals surface area contributed by atoms with Crippen LogP contribution < -0.4 is 0 Å². The van der Waals surface area contributed by atoms with E-state index in [-0.39, 0.29) is 11.5 Å². The third kappa shape index (κ3) is 1.53. The fourth-order valence-corrected chi connectivity index (χ4v) is 4.38. The van der Waals surface area contributed by atoms with Crippen LogP contribution in [0.2, 0.25) is 0 Å². The average molecular weight is 247 g/mol. The van der Waals surface area contributed by atoms with Crippen molar-refractivity contribution in [2.24, 2.45) is 17.3 Å². The standard InChI is InChI=1S/C13H23ClO2/c1-8-6-11(16)13(14)7-10(15)4-5-12(13,3)9(8)2/h8-11,15-16H,4-7H2,1-3H3/t8?,9?,10-,11+,12+,13-/m0/s1. The average Bonchev–Trinajstić information content (AvgIpc) is 2.21. The van der Waals surface area contributed by atoms with Gasteiger partial charge in [0.25, 0.3) is 0 Å². The van der Waals surface area contributed by atoms with Crippen LogP contribution in [0.4, 0.5) is 0 Å². The maximum atomic E-state index is 10.3. The number of aliphatic hydroxyl groups is 2. The molecule has 0 bridgehead atoms. The zero-order valence-electron chi connectivity index (χ0n) is 10.4. The molecule has 0 spiro atoms. The molecule has 2 aliphatic rings. The highest BCUT2D eigenvalue weighted by atomic mass is 35.5. The van der Waals surface area contributed by atoms with Crippen LogP contribution in [-0.2, 0) is 0 Å². The predicted octanol–water partition coefficient (Wildman–Crippen LogP) is 2.55. The van der Waals surface area contributed by atoms with Gasteiger partial charge in [-0.3, -0.25) is 0 Å². The largest absolute Gasteiger partial charge is 0.393 e. The maximum Gasteiger partial charge on any atom is 0.0785 e. The Morgan fingerprint density at radius 2 is 1.88 bits per heavy atom. The summed E-state index contributed by atoms with van der Waals surface area (Å²) in [6, 6.07) is 0. The molecule has 0 amide bonds. The Labute approximate surface area is 103 Å². The first-order chi connectivity index (χ1) is 7.31. The third-order valence-corrected chi connectivity index (χ3v) is 6.30. The molecule has 0 aromatic rings. The van der Waals surface area contributed by atoms with Gasteiger partial charge in [0.05, 0.1) is 17.1 Å². The molecule has 0 aliphatic heterocycles. The first-order valence-corrected chi connectivity index (χ1v) is 6.74. The molecule has 0 aromatic carbocycles. The molecule has 0 aromatic heterocycles. The van der Waals surface area contributed by atoms with Gasteiger partial charge in [-0.15, -0.1) is 11.6 Å². The lowest BCUT2D eigenvalue weighted by molar-refractivity contribution is -0.106. The normalized spacial score (nSPS) is 58.1. The Hall–Kier alpha value is 0.210. The van der Waals surface area contributed by atoms with E-state index >= 15 is 0 Å². The molecule has 2 nitrogen and oxygen atoms in total. The molecule has 2 fully saturated rings. The number of rotatable bonds is 0. The van der Waals surface area contributed by atoms with Crippen LogP contribution in [0.25, 0.3) is 0 Å². The van der Waals surface area contributed by atoms with Crippen molar-refractivity contribution < 1.29 is 10.2 Å². The van der Waals surface area contributed by atoms with Gasteiger partial charge in [-0.25, -0.2) is 0 Å². The minimum Gasteiger partial charge on any atom is -0.393 e. The van der Waals surface area contributed by atoms with E-state index in [0.717, 1.165) is 19.3 Å². The second-order valence-corrected chi connectivity index (χ2v) is 6.87. The molecule has 2 N–H and O–H groups in total. The Bertz CT molecular complexity index is 281. The number of aliphatic hydroxyl groups excluding tert-OH is 2. The molecular formula is C13H23ClO2. The first kappa shape index (κ1) is 12.7. The molecule has 2 unspecified atom stereocenters. The summed E-state index contributed by atoms with van der Waals surface area (Å²) in [5, 5.41) is 20.1. The smallest absolute Gasteiger partial charge is 0.0785 e. The van der Waals surface area contributed by atoms with E-state index in [0.29, 0.717) is 18.3 Å². The number of hydrogen-bond acceptors (Lipinski definition) is 2. The van der Waals surface area contributed by atoms with Gasteiger partial charge in [-0.1, -0.05) is 20.8 Å². The predicted molar refractivity (Wildman–Crippen MR) is 65.5 cm³/mol. The molecular weight excluding hydrogens is 224 g/mol. The van der Waals surface area contributed by atoms with Crippen molar-refractivity contribution >= 4 is 11.6 Å². The van der Waals surface area contributed by atoms with Crippen LogP contribution >= 0.6 is 11.6 Å². The van der Waals surface area contributed by atoms with Gasteiger partial charge in [0.15, 0.2) is 0 Å². The molecule has 2 aliphatic carbocycles. The summed E-state index contributed by atoms with van der Waals surface area (Å²) in [5.74, 6) is 1.00. The van der Waals surface area contributed by atoms with Crippen LogP contribution in [-0.4, -0.2) is 27.3 Å². The minimum atomic E-state index is -0.628. The lowest BCUT2D eigenvalue weighted by atomic mass is 9.51. The van der Waals surface area contributed by atoms with Crippen LogP contribution in [0.5, 0.6) is 0 Å². The second-order valence-electron chi connectivity index (χ2n) is 6.19. The van der Waals surface area contributed by atoms with Crippen molar-refractivity contribution in [3.8, 4) is 0 Å². The van der Waals surface area contributed by atoms with Crippen molar-refractivity contribution in [3.05, 3.63) is 0 Å². The van der Waals surface area contributed by atoms with Crippen LogP contribution in [0.1, 0.15) is 46.5 Å². The summed E-state index contributed by atoms with van der Waals surface area (Å²) in [6.45, 7) is 6.63. The van der Waals surface area contributed by atoms with Gasteiger partial charge < -0.3 is 10.2 Å². The summed E-state index contributed by atoms with van der Waals surface area (Å²) in [7, 11) is 0. The summed E-state index contributed by atoms with van der Waals surface area (Å²) in [6.07, 6.45) is 2.19. The number of fused-ring (bicyclic) bond motifs is 1. The first-order valence-electron chi connectivity index (χ1n) is 6.36. The quantitative estimate of drug-likeness (QED) is 0.645. The van der Waals surface area contributed by atoms with Crippen LogP contribution in [0, 0.1) is 17.3 Å². The van der Waals surface area contributed by atoms with E-state index in [9.17, 15) is 10.2 Å². The van der Waals surface area contributed by atoms with Crippen molar-refractivity contribution in [3.63, 3.8) is 0 Å². The van der Waals surface area contributed by atoms with Crippen molar-refractivity contribution in [2.75, 3.05) is 0 Å². The van der Waals surface area contributed by atoms with Gasteiger partial charge >= 0.3 is 0 Å². The Balaban J connectivity index is 2.37. The molecule has 0 heterocycles. The highest BCUT2D eigenvalue weighted by molar-refractivity contribution is 6.25. The summed E-state index contributed by atoms with van der Waals surface area (Å²) in [4.78, 5) is -0.628. The molecule has 0 saturated heterocycles. The van der Waals surface area contributed by atoms with Gasteiger partial charge in [0.2, 0.25) is 0 Å². The number of alkyl halides is 1. The number of halogens is 1. The molecule has 2 saturated carbocycles. The molecule has 94 valence electrons. The molecule has 3 heteroatoms. The van der Waals surface area contributed by atoms with Crippen LogP contribution in [0.15, 0.2) is 0 Å². The van der Waals surface area contributed by atoms with Gasteiger partial charge in [0, 0.05) is 0 Å². The van der Waals surface area contributed by atoms with E-state index < -0.39 is 11.0 Å². The Morgan fingerprint density at radius 3 is 2.50 bits per heavy atom. The molecule has 0 radical (unpaired) electrons. The highest BCUT2D eigenvalue weighted by Crippen LogP contribution is 2.60. The Morgan fingerprint density at radius 1 is 1.25 bits per heavy atom. The summed E-state index contributed by atoms with van der Waals surface area (Å²) < 4.78 is 0. The SMILES string of the molecule is CC1C[C@@H](O)[C@@]2(Cl)C[C@@H](O)CC[C@]2(C)C1C. The molecule has 16 heavy (non-hydrogen) atoms. The van der Waals surface area contributed by atoms with Gasteiger partial charge in [0.1, 0.15) is 0 Å². The lowest BCUT2D eigenvalue weighted by Gasteiger charge is -2.59. The fourth-order valence-electron chi connectivity index (χ4n) is 3.85. The molecule has 6 atom stereocenters. The van der Waals surface area contributed by atoms with E-state index in [1.807, 2.05) is 0 Å². The molecule has 2 rings (SSSR count). The monoisotopic (exact) mass is 246 g/mol. The van der Waals surface area contributed by atoms with E-state index in [1.165, 1.54) is 0 Å². The van der Waals surface area contributed by atoms with E-state index in [1.54, 1.807) is 0 Å².